The van der Waals surface area contributed by atoms with Crippen molar-refractivity contribution in [2.45, 2.75) is 31.7 Å². The first-order valence-electron chi connectivity index (χ1n) is 9.38. The number of aromatic amines is 2. The second kappa shape index (κ2) is 6.99. The van der Waals surface area contributed by atoms with Gasteiger partial charge in [0, 0.05) is 17.8 Å². The lowest BCUT2D eigenvalue weighted by molar-refractivity contribution is -0.127. The van der Waals surface area contributed by atoms with Crippen molar-refractivity contribution in [3.05, 3.63) is 64.6 Å². The van der Waals surface area contributed by atoms with Gasteiger partial charge in [-0.2, -0.15) is 0 Å². The molecular formula is C21H22N4O3. The molecule has 2 heterocycles. The molecule has 0 aliphatic carbocycles. The number of carbonyl (C=O) groups excluding carboxylic acids is 2. The van der Waals surface area contributed by atoms with Crippen molar-refractivity contribution < 1.29 is 9.59 Å². The Morgan fingerprint density at radius 1 is 1.04 bits per heavy atom. The highest BCUT2D eigenvalue weighted by Gasteiger charge is 2.44. The molecule has 1 fully saturated rings. The van der Waals surface area contributed by atoms with E-state index in [9.17, 15) is 14.4 Å². The van der Waals surface area contributed by atoms with Crippen LogP contribution < -0.4 is 11.0 Å². The molecule has 0 saturated carbocycles. The van der Waals surface area contributed by atoms with Gasteiger partial charge in [-0.15, -0.1) is 0 Å². The van der Waals surface area contributed by atoms with Gasteiger partial charge in [0.2, 0.25) is 5.91 Å². The Kier molecular flexibility index (Phi) is 4.50. The molecule has 1 aliphatic rings. The second-order valence-corrected chi connectivity index (χ2v) is 7.35. The molecule has 1 aliphatic heterocycles. The van der Waals surface area contributed by atoms with Crippen molar-refractivity contribution in [2.75, 3.05) is 11.9 Å². The maximum absolute atomic E-state index is 13.2. The molecule has 3 N–H and O–H groups in total. The summed E-state index contributed by atoms with van der Waals surface area (Å²) in [4.78, 5) is 44.7. The van der Waals surface area contributed by atoms with Gasteiger partial charge in [-0.25, -0.2) is 4.79 Å². The number of rotatable bonds is 3. The number of imidazole rings is 1. The minimum absolute atomic E-state index is 0.136. The SMILES string of the molecule is CC1(C(=O)Nc2ccc3[nH]c(=O)[nH]c3c2)CCCCN1C(=O)c1ccccc1. The number of fused-ring (bicyclic) bond motifs is 1. The van der Waals surface area contributed by atoms with Crippen LogP contribution in [0, 0.1) is 0 Å². The molecule has 144 valence electrons. The van der Waals surface area contributed by atoms with Gasteiger partial charge in [0.05, 0.1) is 11.0 Å². The van der Waals surface area contributed by atoms with Crippen LogP contribution in [0.25, 0.3) is 11.0 Å². The first-order valence-corrected chi connectivity index (χ1v) is 9.38. The van der Waals surface area contributed by atoms with Crippen LogP contribution in [0.1, 0.15) is 36.5 Å². The van der Waals surface area contributed by atoms with E-state index in [0.29, 0.717) is 35.2 Å². The molecule has 7 nitrogen and oxygen atoms in total. The molecule has 1 saturated heterocycles. The van der Waals surface area contributed by atoms with Gasteiger partial charge in [0.25, 0.3) is 5.91 Å². The quantitative estimate of drug-likeness (QED) is 0.654. The van der Waals surface area contributed by atoms with Gasteiger partial charge in [0.1, 0.15) is 5.54 Å². The molecular weight excluding hydrogens is 356 g/mol. The summed E-state index contributed by atoms with van der Waals surface area (Å²) in [5.41, 5.74) is 1.21. The third-order valence-corrected chi connectivity index (χ3v) is 5.42. The van der Waals surface area contributed by atoms with Gasteiger partial charge >= 0.3 is 5.69 Å². The summed E-state index contributed by atoms with van der Waals surface area (Å²) in [6.45, 7) is 2.36. The number of benzene rings is 2. The summed E-state index contributed by atoms with van der Waals surface area (Å²) < 4.78 is 0. The smallest absolute Gasteiger partial charge is 0.323 e. The largest absolute Gasteiger partial charge is 0.324 e. The number of H-pyrrole nitrogens is 2. The molecule has 28 heavy (non-hydrogen) atoms. The molecule has 1 aromatic heterocycles. The molecule has 0 spiro atoms. The van der Waals surface area contributed by atoms with Crippen LogP contribution in [-0.4, -0.2) is 38.8 Å². The molecule has 1 atom stereocenters. The molecule has 1 unspecified atom stereocenters. The van der Waals surface area contributed by atoms with Crippen molar-refractivity contribution in [1.82, 2.24) is 14.9 Å². The average molecular weight is 378 g/mol. The Hall–Kier alpha value is -3.35. The number of aromatic nitrogens is 2. The fourth-order valence-corrected chi connectivity index (χ4v) is 3.80. The Morgan fingerprint density at radius 2 is 1.79 bits per heavy atom. The lowest BCUT2D eigenvalue weighted by Gasteiger charge is -2.43. The summed E-state index contributed by atoms with van der Waals surface area (Å²) in [7, 11) is 0. The summed E-state index contributed by atoms with van der Waals surface area (Å²) in [5, 5.41) is 2.92. The number of hydrogen-bond acceptors (Lipinski definition) is 3. The minimum Gasteiger partial charge on any atom is -0.324 e. The summed E-state index contributed by atoms with van der Waals surface area (Å²) >= 11 is 0. The van der Waals surface area contributed by atoms with Gasteiger partial charge in [-0.05, 0) is 56.5 Å². The second-order valence-electron chi connectivity index (χ2n) is 7.35. The molecule has 2 amide bonds. The number of nitrogens with one attached hydrogen (secondary N) is 3. The van der Waals surface area contributed by atoms with Crippen molar-refractivity contribution in [1.29, 1.82) is 0 Å². The highest BCUT2D eigenvalue weighted by atomic mass is 16.2. The first kappa shape index (κ1) is 18.0. The van der Waals surface area contributed by atoms with Gasteiger partial charge in [-0.1, -0.05) is 18.2 Å². The fourth-order valence-electron chi connectivity index (χ4n) is 3.80. The van der Waals surface area contributed by atoms with E-state index in [1.807, 2.05) is 25.1 Å². The number of piperidine rings is 1. The summed E-state index contributed by atoms with van der Waals surface area (Å²) in [6.07, 6.45) is 2.35. The van der Waals surface area contributed by atoms with E-state index in [-0.39, 0.29) is 17.5 Å². The van der Waals surface area contributed by atoms with E-state index in [0.717, 1.165) is 12.8 Å². The van der Waals surface area contributed by atoms with Crippen LogP contribution in [0.4, 0.5) is 5.69 Å². The molecule has 3 aromatic rings. The molecule has 4 rings (SSSR count). The predicted molar refractivity (Wildman–Crippen MR) is 107 cm³/mol. The van der Waals surface area contributed by atoms with E-state index in [1.165, 1.54) is 0 Å². The molecule has 0 radical (unpaired) electrons. The van der Waals surface area contributed by atoms with Crippen LogP contribution in [0.15, 0.2) is 53.3 Å². The van der Waals surface area contributed by atoms with E-state index >= 15 is 0 Å². The first-order chi connectivity index (χ1) is 13.5. The summed E-state index contributed by atoms with van der Waals surface area (Å²) in [5.74, 6) is -0.364. The van der Waals surface area contributed by atoms with Gasteiger partial charge in [-0.3, -0.25) is 9.59 Å². The lowest BCUT2D eigenvalue weighted by Crippen LogP contribution is -2.59. The predicted octanol–water partition coefficient (Wildman–Crippen LogP) is 2.88. The third-order valence-electron chi connectivity index (χ3n) is 5.42. The van der Waals surface area contributed by atoms with Crippen LogP contribution >= 0.6 is 0 Å². The van der Waals surface area contributed by atoms with Crippen LogP contribution in [-0.2, 0) is 4.79 Å². The van der Waals surface area contributed by atoms with Crippen molar-refractivity contribution in [3.63, 3.8) is 0 Å². The Labute approximate surface area is 161 Å². The summed E-state index contributed by atoms with van der Waals surface area (Å²) in [6, 6.07) is 14.2. The number of amides is 2. The normalized spacial score (nSPS) is 19.5. The number of carbonyl (C=O) groups is 2. The molecule has 0 bridgehead atoms. The maximum atomic E-state index is 13.2. The third kappa shape index (κ3) is 3.19. The van der Waals surface area contributed by atoms with E-state index < -0.39 is 5.54 Å². The number of hydrogen-bond donors (Lipinski definition) is 3. The Bertz CT molecular complexity index is 1090. The Morgan fingerprint density at radius 3 is 2.57 bits per heavy atom. The highest BCUT2D eigenvalue weighted by molar-refractivity contribution is 6.04. The monoisotopic (exact) mass is 378 g/mol. The van der Waals surface area contributed by atoms with Crippen molar-refractivity contribution >= 4 is 28.5 Å². The van der Waals surface area contributed by atoms with Crippen molar-refractivity contribution in [3.8, 4) is 0 Å². The maximum Gasteiger partial charge on any atom is 0.323 e. The number of nitrogens with zero attached hydrogens (tertiary/aromatic N) is 1. The number of likely N-dealkylation sites (tertiary alicyclic amines) is 1. The van der Waals surface area contributed by atoms with E-state index in [2.05, 4.69) is 15.3 Å². The zero-order valence-corrected chi connectivity index (χ0v) is 15.6. The van der Waals surface area contributed by atoms with Gasteiger partial charge < -0.3 is 20.2 Å². The fraction of sp³-hybridized carbons (Fsp3) is 0.286. The highest BCUT2D eigenvalue weighted by Crippen LogP contribution is 2.31. The topological polar surface area (TPSA) is 98.1 Å². The standard InChI is InChI=1S/C21H22N4O3/c1-21(11-5-6-12-25(21)18(26)14-7-3-2-4-8-14)19(27)22-15-9-10-16-17(13-15)24-20(28)23-16/h2-4,7-10,13H,5-6,11-12H2,1H3,(H,22,27)(H2,23,24,28). The van der Waals surface area contributed by atoms with Gasteiger partial charge in [0.15, 0.2) is 0 Å². The average Bonchev–Trinajstić information content (AvgIpc) is 3.07. The van der Waals surface area contributed by atoms with Crippen LogP contribution in [0.2, 0.25) is 0 Å². The zero-order chi connectivity index (χ0) is 19.7. The lowest BCUT2D eigenvalue weighted by atomic mass is 9.86. The Balaban J connectivity index is 1.60. The van der Waals surface area contributed by atoms with Crippen LogP contribution in [0.5, 0.6) is 0 Å². The van der Waals surface area contributed by atoms with E-state index in [1.54, 1.807) is 35.2 Å². The van der Waals surface area contributed by atoms with Crippen molar-refractivity contribution in [2.24, 2.45) is 0 Å². The van der Waals surface area contributed by atoms with E-state index in [4.69, 9.17) is 0 Å². The molecule has 2 aromatic carbocycles. The number of anilines is 1. The molecule has 7 heteroatoms. The zero-order valence-electron chi connectivity index (χ0n) is 15.6. The van der Waals surface area contributed by atoms with Crippen LogP contribution in [0.3, 0.4) is 0 Å². The minimum atomic E-state index is -0.939.